The zero-order valence-corrected chi connectivity index (χ0v) is 16.4. The van der Waals surface area contributed by atoms with E-state index in [4.69, 9.17) is 5.73 Å². The smallest absolute Gasteiger partial charge is 0.203 e. The summed E-state index contributed by atoms with van der Waals surface area (Å²) in [4.78, 5) is 2.52. The lowest BCUT2D eigenvalue weighted by molar-refractivity contribution is 0.295. The van der Waals surface area contributed by atoms with Crippen LogP contribution < -0.4 is 5.73 Å². The summed E-state index contributed by atoms with van der Waals surface area (Å²) in [7, 11) is 0. The highest BCUT2D eigenvalue weighted by Crippen LogP contribution is 2.23. The van der Waals surface area contributed by atoms with E-state index < -0.39 is 0 Å². The first-order valence-corrected chi connectivity index (χ1v) is 9.06. The van der Waals surface area contributed by atoms with Crippen molar-refractivity contribution in [3.63, 3.8) is 0 Å². The molecule has 4 nitrogen and oxygen atoms in total. The lowest BCUT2D eigenvalue weighted by Gasteiger charge is -2.21. The van der Waals surface area contributed by atoms with Crippen molar-refractivity contribution in [1.29, 1.82) is 0 Å². The molecule has 0 spiro atoms. The van der Waals surface area contributed by atoms with Crippen LogP contribution in [0.25, 0.3) is 0 Å². The van der Waals surface area contributed by atoms with Gasteiger partial charge in [-0.05, 0) is 24.9 Å². The van der Waals surface area contributed by atoms with E-state index in [1.807, 2.05) is 0 Å². The highest BCUT2D eigenvalue weighted by Gasteiger charge is 2.06. The van der Waals surface area contributed by atoms with Crippen LogP contribution in [-0.4, -0.2) is 40.5 Å². The standard InChI is InChI=1S/C15H22N4S2.2ClH/c1-2-9-19(10-8-13-6-4-3-5-7-13)11-12-20-15-18-17-14(16)21-15;;/h3-7H,2,8-12H2,1H3,(H2,16,17);2*1H. The Balaban J connectivity index is 0.00000242. The van der Waals surface area contributed by atoms with E-state index in [1.54, 1.807) is 11.8 Å². The van der Waals surface area contributed by atoms with Crippen LogP contribution in [-0.2, 0) is 6.42 Å². The average Bonchev–Trinajstić information content (AvgIpc) is 2.91. The Morgan fingerprint density at radius 3 is 2.43 bits per heavy atom. The number of nitrogens with zero attached hydrogens (tertiary/aromatic N) is 3. The molecule has 2 rings (SSSR count). The highest BCUT2D eigenvalue weighted by atomic mass is 35.5. The number of anilines is 1. The van der Waals surface area contributed by atoms with E-state index in [1.165, 1.54) is 23.3 Å². The van der Waals surface area contributed by atoms with Crippen molar-refractivity contribution >= 4 is 53.0 Å². The van der Waals surface area contributed by atoms with E-state index in [2.05, 4.69) is 52.4 Å². The van der Waals surface area contributed by atoms with Gasteiger partial charge in [0.15, 0.2) is 4.34 Å². The zero-order valence-electron chi connectivity index (χ0n) is 13.2. The molecule has 0 atom stereocenters. The lowest BCUT2D eigenvalue weighted by atomic mass is 10.1. The summed E-state index contributed by atoms with van der Waals surface area (Å²) >= 11 is 3.20. The quantitative estimate of drug-likeness (QED) is 0.650. The largest absolute Gasteiger partial charge is 0.374 e. The Morgan fingerprint density at radius 2 is 1.83 bits per heavy atom. The van der Waals surface area contributed by atoms with Crippen LogP contribution >= 0.6 is 47.9 Å². The molecule has 0 aliphatic carbocycles. The lowest BCUT2D eigenvalue weighted by Crippen LogP contribution is -2.29. The van der Waals surface area contributed by atoms with Crippen molar-refractivity contribution in [2.45, 2.75) is 24.1 Å². The second-order valence-electron chi connectivity index (χ2n) is 4.83. The molecule has 0 radical (unpaired) electrons. The van der Waals surface area contributed by atoms with Gasteiger partial charge in [0.05, 0.1) is 0 Å². The van der Waals surface area contributed by atoms with Crippen LogP contribution in [0.3, 0.4) is 0 Å². The molecule has 0 amide bonds. The number of benzene rings is 1. The van der Waals surface area contributed by atoms with Crippen LogP contribution in [0.15, 0.2) is 34.7 Å². The number of aromatic nitrogens is 2. The van der Waals surface area contributed by atoms with E-state index in [9.17, 15) is 0 Å². The first-order valence-electron chi connectivity index (χ1n) is 7.26. The van der Waals surface area contributed by atoms with Crippen molar-refractivity contribution in [3.05, 3.63) is 35.9 Å². The minimum absolute atomic E-state index is 0. The molecular formula is C15H24Cl2N4S2. The number of thioether (sulfide) groups is 1. The summed E-state index contributed by atoms with van der Waals surface area (Å²) in [6.07, 6.45) is 2.29. The minimum atomic E-state index is 0. The first kappa shape index (κ1) is 22.5. The summed E-state index contributed by atoms with van der Waals surface area (Å²) in [5, 5.41) is 8.43. The molecule has 0 saturated carbocycles. The van der Waals surface area contributed by atoms with Gasteiger partial charge in [0.2, 0.25) is 5.13 Å². The number of nitrogens with two attached hydrogens (primary N) is 1. The number of rotatable bonds is 9. The SMILES string of the molecule is CCCN(CCSc1nnc(N)s1)CCc1ccccc1.Cl.Cl. The predicted octanol–water partition coefficient (Wildman–Crippen LogP) is 4.01. The molecule has 0 aliphatic rings. The fourth-order valence-electron chi connectivity index (χ4n) is 2.12. The molecule has 0 bridgehead atoms. The second-order valence-corrected chi connectivity index (χ2v) is 7.18. The normalized spacial score (nSPS) is 10.2. The molecule has 0 unspecified atom stereocenters. The van der Waals surface area contributed by atoms with E-state index in [0.29, 0.717) is 5.13 Å². The van der Waals surface area contributed by atoms with E-state index >= 15 is 0 Å². The van der Waals surface area contributed by atoms with Gasteiger partial charge < -0.3 is 10.6 Å². The Kier molecular flexibility index (Phi) is 12.5. The van der Waals surface area contributed by atoms with Crippen molar-refractivity contribution in [3.8, 4) is 0 Å². The highest BCUT2D eigenvalue weighted by molar-refractivity contribution is 8.01. The van der Waals surface area contributed by atoms with Crippen LogP contribution in [0.5, 0.6) is 0 Å². The summed E-state index contributed by atoms with van der Waals surface area (Å²) in [6.45, 7) is 5.56. The van der Waals surface area contributed by atoms with Crippen molar-refractivity contribution < 1.29 is 0 Å². The van der Waals surface area contributed by atoms with Crippen LogP contribution in [0.4, 0.5) is 5.13 Å². The third-order valence-electron chi connectivity index (χ3n) is 3.15. The Bertz CT molecular complexity index is 525. The molecule has 0 fully saturated rings. The summed E-state index contributed by atoms with van der Waals surface area (Å²) in [5.41, 5.74) is 7.00. The van der Waals surface area contributed by atoms with Gasteiger partial charge in [-0.2, -0.15) is 0 Å². The van der Waals surface area contributed by atoms with Gasteiger partial charge in [-0.3, -0.25) is 0 Å². The van der Waals surface area contributed by atoms with Crippen LogP contribution in [0, 0.1) is 0 Å². The van der Waals surface area contributed by atoms with Gasteiger partial charge in [-0.25, -0.2) is 0 Å². The van der Waals surface area contributed by atoms with Gasteiger partial charge in [0, 0.05) is 18.8 Å². The molecule has 2 aromatic rings. The van der Waals surface area contributed by atoms with Gasteiger partial charge in [0.25, 0.3) is 0 Å². The maximum Gasteiger partial charge on any atom is 0.203 e. The molecule has 1 aromatic carbocycles. The summed E-state index contributed by atoms with van der Waals surface area (Å²) in [6, 6.07) is 10.7. The predicted molar refractivity (Wildman–Crippen MR) is 106 cm³/mol. The number of hydrogen-bond donors (Lipinski definition) is 1. The van der Waals surface area contributed by atoms with Crippen LogP contribution in [0.2, 0.25) is 0 Å². The van der Waals surface area contributed by atoms with Gasteiger partial charge in [-0.1, -0.05) is 60.4 Å². The first-order chi connectivity index (χ1) is 10.3. The van der Waals surface area contributed by atoms with Gasteiger partial charge in [-0.15, -0.1) is 35.0 Å². The monoisotopic (exact) mass is 394 g/mol. The number of hydrogen-bond acceptors (Lipinski definition) is 6. The molecule has 2 N–H and O–H groups in total. The van der Waals surface area contributed by atoms with E-state index in [-0.39, 0.29) is 24.8 Å². The van der Waals surface area contributed by atoms with E-state index in [0.717, 1.165) is 36.1 Å². The maximum atomic E-state index is 5.59. The molecule has 130 valence electrons. The average molecular weight is 395 g/mol. The molecule has 0 saturated heterocycles. The second kappa shape index (κ2) is 12.8. The molecule has 23 heavy (non-hydrogen) atoms. The Labute approximate surface area is 159 Å². The van der Waals surface area contributed by atoms with Crippen molar-refractivity contribution in [1.82, 2.24) is 15.1 Å². The third kappa shape index (κ3) is 8.77. The van der Waals surface area contributed by atoms with Gasteiger partial charge >= 0.3 is 0 Å². The summed E-state index contributed by atoms with van der Waals surface area (Å²) in [5.74, 6) is 1.03. The van der Waals surface area contributed by atoms with Crippen molar-refractivity contribution in [2.75, 3.05) is 31.1 Å². The topological polar surface area (TPSA) is 55.0 Å². The fourth-order valence-corrected chi connectivity index (χ4v) is 3.83. The van der Waals surface area contributed by atoms with Crippen LogP contribution in [0.1, 0.15) is 18.9 Å². The molecular weight excluding hydrogens is 371 g/mol. The zero-order chi connectivity index (χ0) is 14.9. The molecule has 1 heterocycles. The Morgan fingerprint density at radius 1 is 1.09 bits per heavy atom. The number of halogens is 2. The molecule has 0 aliphatic heterocycles. The third-order valence-corrected chi connectivity index (χ3v) is 5.02. The molecule has 8 heteroatoms. The maximum absolute atomic E-state index is 5.59. The summed E-state index contributed by atoms with van der Waals surface area (Å²) < 4.78 is 0.965. The molecule has 1 aromatic heterocycles. The van der Waals surface area contributed by atoms with Crippen molar-refractivity contribution in [2.24, 2.45) is 0 Å². The Hall–Kier alpha value is -0.530. The van der Waals surface area contributed by atoms with Gasteiger partial charge in [0.1, 0.15) is 0 Å². The fraction of sp³-hybridized carbons (Fsp3) is 0.467. The minimum Gasteiger partial charge on any atom is -0.374 e. The number of nitrogen functional groups attached to an aromatic ring is 1.